The maximum absolute atomic E-state index is 13.2. The number of piperidine rings is 1. The van der Waals surface area contributed by atoms with E-state index in [0.29, 0.717) is 38.0 Å². The van der Waals surface area contributed by atoms with Gasteiger partial charge in [-0.2, -0.15) is 0 Å². The maximum Gasteiger partial charge on any atom is 0.317 e. The Morgan fingerprint density at radius 3 is 2.86 bits per heavy atom. The van der Waals surface area contributed by atoms with Crippen LogP contribution in [0.4, 0.5) is 4.79 Å². The Labute approximate surface area is 206 Å². The Bertz CT molecular complexity index is 1170. The molecule has 6 rings (SSSR count). The van der Waals surface area contributed by atoms with E-state index in [1.807, 2.05) is 49.5 Å². The minimum Gasteiger partial charge on any atom is -0.504 e. The quantitative estimate of drug-likeness (QED) is 0.579. The normalized spacial score (nSPS) is 32.3. The van der Waals surface area contributed by atoms with Crippen molar-refractivity contribution in [3.63, 3.8) is 0 Å². The van der Waals surface area contributed by atoms with Gasteiger partial charge in [0.2, 0.25) is 0 Å². The molecule has 2 aliphatic carbocycles. The highest BCUT2D eigenvalue weighted by Crippen LogP contribution is 2.65. The predicted molar refractivity (Wildman–Crippen MR) is 132 cm³/mol. The number of likely N-dealkylation sites (N-methyl/N-ethyl adjacent to an activating group) is 1. The van der Waals surface area contributed by atoms with E-state index < -0.39 is 17.1 Å². The van der Waals surface area contributed by atoms with Crippen molar-refractivity contribution < 1.29 is 19.7 Å². The second kappa shape index (κ2) is 8.00. The van der Waals surface area contributed by atoms with Crippen LogP contribution in [0.3, 0.4) is 0 Å². The molecule has 2 aromatic carbocycles. The number of nitrogens with one attached hydrogen (secondary N) is 1. The lowest BCUT2D eigenvalue weighted by atomic mass is 9.48. The first kappa shape index (κ1) is 22.4. The van der Waals surface area contributed by atoms with Crippen LogP contribution in [0.1, 0.15) is 36.0 Å². The van der Waals surface area contributed by atoms with E-state index in [1.165, 1.54) is 0 Å². The maximum atomic E-state index is 13.2. The molecule has 2 fully saturated rings. The zero-order chi connectivity index (χ0) is 24.4. The van der Waals surface area contributed by atoms with E-state index in [9.17, 15) is 15.0 Å². The molecule has 2 heterocycles. The average molecular weight is 476 g/mol. The van der Waals surface area contributed by atoms with Crippen molar-refractivity contribution in [1.82, 2.24) is 15.1 Å². The number of rotatable bonds is 5. The van der Waals surface area contributed by atoms with Crippen molar-refractivity contribution in [3.05, 3.63) is 71.8 Å². The topological polar surface area (TPSA) is 85.3 Å². The number of benzene rings is 2. The van der Waals surface area contributed by atoms with Crippen LogP contribution in [-0.2, 0) is 18.4 Å². The molecule has 7 nitrogen and oxygen atoms in total. The molecule has 0 aromatic heterocycles. The molecule has 0 radical (unpaired) electrons. The van der Waals surface area contributed by atoms with Gasteiger partial charge in [0.05, 0.1) is 17.1 Å². The van der Waals surface area contributed by atoms with Gasteiger partial charge in [-0.1, -0.05) is 42.5 Å². The Hall–Kier alpha value is -3.03. The number of aromatic hydroxyl groups is 1. The van der Waals surface area contributed by atoms with Gasteiger partial charge in [0.1, 0.15) is 6.10 Å². The lowest BCUT2D eigenvalue weighted by molar-refractivity contribution is -0.195. The SMILES string of the molecule is C=CCN1CC[C@]23c4c5ccc(O)c4O[C@H]2[C@H](N(C)C(=O)NCc2ccccc2)CC[C@@]3(O)[C@H]1C5. The number of carbonyl (C=O) groups excluding carboxylic acids is 1. The van der Waals surface area contributed by atoms with Gasteiger partial charge in [0.25, 0.3) is 0 Å². The number of aliphatic hydroxyl groups is 1. The zero-order valence-corrected chi connectivity index (χ0v) is 20.1. The zero-order valence-electron chi connectivity index (χ0n) is 20.1. The molecule has 2 aliphatic heterocycles. The molecular formula is C28H33N3O4. The lowest BCUT2D eigenvalue weighted by Crippen LogP contribution is -2.78. The standard InChI is InChI=1S/C28H33N3O4/c1-3-14-31-15-13-27-23-19-9-10-21(32)24(23)35-25(27)20(11-12-28(27,34)22(31)16-19)30(2)26(33)29-17-18-7-5-4-6-8-18/h3-10,20,22,25,32,34H,1,11-17H2,2H3,(H,29,33)/t20-,22-,25+,27+,28-/m1/s1. The smallest absolute Gasteiger partial charge is 0.317 e. The van der Waals surface area contributed by atoms with E-state index >= 15 is 0 Å². The van der Waals surface area contributed by atoms with Gasteiger partial charge in [-0.25, -0.2) is 4.79 Å². The summed E-state index contributed by atoms with van der Waals surface area (Å²) in [5, 5.41) is 26.2. The van der Waals surface area contributed by atoms with Crippen molar-refractivity contribution in [2.75, 3.05) is 20.1 Å². The van der Waals surface area contributed by atoms with E-state index in [1.54, 1.807) is 11.0 Å². The largest absolute Gasteiger partial charge is 0.504 e. The van der Waals surface area contributed by atoms with Gasteiger partial charge >= 0.3 is 6.03 Å². The molecule has 2 amide bonds. The third kappa shape index (κ3) is 3.01. The summed E-state index contributed by atoms with van der Waals surface area (Å²) in [4.78, 5) is 17.3. The van der Waals surface area contributed by atoms with Crippen LogP contribution >= 0.6 is 0 Å². The lowest BCUT2D eigenvalue weighted by Gasteiger charge is -2.64. The first-order valence-electron chi connectivity index (χ1n) is 12.5. The van der Waals surface area contributed by atoms with Gasteiger partial charge in [-0.3, -0.25) is 4.90 Å². The number of urea groups is 1. The minimum atomic E-state index is -0.997. The van der Waals surface area contributed by atoms with Crippen molar-refractivity contribution in [1.29, 1.82) is 0 Å². The number of phenolic OH excluding ortho intramolecular Hbond substituents is 1. The fourth-order valence-corrected chi connectivity index (χ4v) is 7.43. The summed E-state index contributed by atoms with van der Waals surface area (Å²) < 4.78 is 6.55. The highest BCUT2D eigenvalue weighted by Gasteiger charge is 2.73. The predicted octanol–water partition coefficient (Wildman–Crippen LogP) is 2.94. The Morgan fingerprint density at radius 2 is 2.09 bits per heavy atom. The summed E-state index contributed by atoms with van der Waals surface area (Å²) in [6.07, 6.45) is 4.09. The van der Waals surface area contributed by atoms with Gasteiger partial charge in [-0.15, -0.1) is 6.58 Å². The number of nitrogens with zero attached hydrogens (tertiary/aromatic N) is 2. The molecule has 1 spiro atoms. The van der Waals surface area contributed by atoms with Gasteiger partial charge < -0.3 is 25.2 Å². The Kier molecular flexibility index (Phi) is 5.13. The van der Waals surface area contributed by atoms with Crippen LogP contribution in [0.5, 0.6) is 11.5 Å². The van der Waals surface area contributed by atoms with Crippen LogP contribution < -0.4 is 10.1 Å². The second-order valence-electron chi connectivity index (χ2n) is 10.5. The number of amides is 2. The van der Waals surface area contributed by atoms with Gasteiger partial charge in [0, 0.05) is 31.7 Å². The molecule has 4 aliphatic rings. The van der Waals surface area contributed by atoms with E-state index in [-0.39, 0.29) is 23.9 Å². The molecular weight excluding hydrogens is 442 g/mol. The number of carbonyl (C=O) groups is 1. The van der Waals surface area contributed by atoms with Crippen LogP contribution in [0, 0.1) is 0 Å². The molecule has 5 atom stereocenters. The van der Waals surface area contributed by atoms with Crippen LogP contribution in [0.25, 0.3) is 0 Å². The third-order valence-corrected chi connectivity index (χ3v) is 9.01. The van der Waals surface area contributed by atoms with E-state index in [2.05, 4.69) is 16.8 Å². The molecule has 1 saturated heterocycles. The molecule has 2 aromatic rings. The summed E-state index contributed by atoms with van der Waals surface area (Å²) in [5.41, 5.74) is 1.47. The number of phenols is 1. The minimum absolute atomic E-state index is 0.0542. The fourth-order valence-electron chi connectivity index (χ4n) is 7.43. The number of hydrogen-bond donors (Lipinski definition) is 3. The molecule has 2 bridgehead atoms. The molecule has 3 N–H and O–H groups in total. The Morgan fingerprint density at radius 1 is 1.29 bits per heavy atom. The monoisotopic (exact) mass is 475 g/mol. The summed E-state index contributed by atoms with van der Waals surface area (Å²) >= 11 is 0. The third-order valence-electron chi connectivity index (χ3n) is 9.01. The molecule has 35 heavy (non-hydrogen) atoms. The number of likely N-dealkylation sites (tertiary alicyclic amines) is 1. The van der Waals surface area contributed by atoms with E-state index in [0.717, 1.165) is 29.8 Å². The van der Waals surface area contributed by atoms with Crippen LogP contribution in [-0.4, -0.2) is 70.0 Å². The van der Waals surface area contributed by atoms with Gasteiger partial charge in [0.15, 0.2) is 11.5 Å². The van der Waals surface area contributed by atoms with Crippen molar-refractivity contribution >= 4 is 6.03 Å². The summed E-state index contributed by atoms with van der Waals surface area (Å²) in [5.74, 6) is 0.600. The average Bonchev–Trinajstić information content (AvgIpc) is 3.22. The Balaban J connectivity index is 1.36. The highest BCUT2D eigenvalue weighted by molar-refractivity contribution is 5.75. The summed E-state index contributed by atoms with van der Waals surface area (Å²) in [6.45, 7) is 5.91. The molecule has 184 valence electrons. The van der Waals surface area contributed by atoms with Gasteiger partial charge in [-0.05, 0) is 49.4 Å². The fraction of sp³-hybridized carbons (Fsp3) is 0.464. The van der Waals surface area contributed by atoms with E-state index in [4.69, 9.17) is 4.74 Å². The molecule has 1 saturated carbocycles. The van der Waals surface area contributed by atoms with Crippen LogP contribution in [0.15, 0.2) is 55.1 Å². The van der Waals surface area contributed by atoms with Crippen LogP contribution in [0.2, 0.25) is 0 Å². The number of hydrogen-bond acceptors (Lipinski definition) is 5. The highest BCUT2D eigenvalue weighted by atomic mass is 16.5. The molecule has 7 heteroatoms. The molecule has 0 unspecified atom stereocenters. The van der Waals surface area contributed by atoms with Crippen molar-refractivity contribution in [2.45, 2.75) is 61.4 Å². The second-order valence-corrected chi connectivity index (χ2v) is 10.5. The summed E-state index contributed by atoms with van der Waals surface area (Å²) in [6, 6.07) is 13.1. The van der Waals surface area contributed by atoms with Crippen molar-refractivity contribution in [2.24, 2.45) is 0 Å². The first-order valence-corrected chi connectivity index (χ1v) is 12.5. The number of ether oxygens (including phenoxy) is 1. The summed E-state index contributed by atoms with van der Waals surface area (Å²) in [7, 11) is 1.81. The van der Waals surface area contributed by atoms with Crippen molar-refractivity contribution in [3.8, 4) is 11.5 Å². The first-order chi connectivity index (χ1) is 16.9.